The van der Waals surface area contributed by atoms with Gasteiger partial charge in [-0.2, -0.15) is 0 Å². The second-order valence-electron chi connectivity index (χ2n) is 4.45. The number of benzene rings is 2. The van der Waals surface area contributed by atoms with Crippen LogP contribution in [0, 0.1) is 0 Å². The zero-order valence-corrected chi connectivity index (χ0v) is 10.4. The van der Waals surface area contributed by atoms with Gasteiger partial charge in [0.05, 0.1) is 5.39 Å². The predicted octanol–water partition coefficient (Wildman–Crippen LogP) is 3.60. The van der Waals surface area contributed by atoms with Gasteiger partial charge in [-0.05, 0) is 24.3 Å². The number of hydrogen-bond donors (Lipinski definition) is 0. The Balaban J connectivity index is 2.11. The number of oxazole rings is 1. The molecule has 2 aromatic heterocycles. The molecule has 0 spiro atoms. The molecule has 0 unspecified atom stereocenters. The minimum atomic E-state index is -0.482. The van der Waals surface area contributed by atoms with Gasteiger partial charge in [-0.1, -0.05) is 30.3 Å². The molecule has 0 aliphatic heterocycles. The van der Waals surface area contributed by atoms with E-state index in [1.165, 1.54) is 0 Å². The number of nitrogens with zero attached hydrogens (tertiary/aromatic N) is 1. The second kappa shape index (κ2) is 4.06. The van der Waals surface area contributed by atoms with Gasteiger partial charge >= 0.3 is 5.63 Å². The molecule has 20 heavy (non-hydrogen) atoms. The van der Waals surface area contributed by atoms with Gasteiger partial charge in [-0.25, -0.2) is 9.78 Å². The van der Waals surface area contributed by atoms with E-state index in [9.17, 15) is 4.79 Å². The van der Waals surface area contributed by atoms with Gasteiger partial charge in [0.1, 0.15) is 5.58 Å². The van der Waals surface area contributed by atoms with Gasteiger partial charge in [0.15, 0.2) is 11.1 Å². The van der Waals surface area contributed by atoms with Gasteiger partial charge < -0.3 is 8.83 Å². The average Bonchev–Trinajstić information content (AvgIpc) is 2.94. The van der Waals surface area contributed by atoms with Gasteiger partial charge in [-0.3, -0.25) is 0 Å². The molecule has 0 aliphatic rings. The van der Waals surface area contributed by atoms with Crippen molar-refractivity contribution in [3.63, 3.8) is 0 Å². The standard InChI is InChI=1S/C16H9NO3/c18-16-13-14(11-8-4-5-9-12(11)19-16)20-15(17-13)10-6-2-1-3-7-10/h1-9H. The maximum atomic E-state index is 11.9. The van der Waals surface area contributed by atoms with Crippen LogP contribution in [0.1, 0.15) is 0 Å². The summed E-state index contributed by atoms with van der Waals surface area (Å²) in [5, 5.41) is 0.747. The molecular weight excluding hydrogens is 254 g/mol. The van der Waals surface area contributed by atoms with Crippen LogP contribution in [0.4, 0.5) is 0 Å². The molecule has 0 radical (unpaired) electrons. The SMILES string of the molecule is O=c1oc2ccccc2c2oc(-c3ccccc3)nc12. The molecule has 96 valence electrons. The van der Waals surface area contributed by atoms with E-state index in [1.807, 2.05) is 48.5 Å². The molecule has 2 aromatic carbocycles. The van der Waals surface area contributed by atoms with Crippen LogP contribution in [-0.2, 0) is 0 Å². The van der Waals surface area contributed by atoms with Crippen LogP contribution in [0.15, 0.2) is 68.2 Å². The van der Waals surface area contributed by atoms with Crippen LogP contribution in [0.2, 0.25) is 0 Å². The summed E-state index contributed by atoms with van der Waals surface area (Å²) < 4.78 is 11.0. The number of para-hydroxylation sites is 1. The minimum Gasteiger partial charge on any atom is -0.435 e. The zero-order chi connectivity index (χ0) is 13.5. The molecule has 0 saturated carbocycles. The van der Waals surface area contributed by atoms with E-state index in [-0.39, 0.29) is 5.52 Å². The van der Waals surface area contributed by atoms with Gasteiger partial charge in [0.25, 0.3) is 0 Å². The molecule has 0 aliphatic carbocycles. The average molecular weight is 263 g/mol. The molecule has 4 heteroatoms. The van der Waals surface area contributed by atoms with Gasteiger partial charge in [-0.15, -0.1) is 0 Å². The van der Waals surface area contributed by atoms with Crippen LogP contribution in [0.3, 0.4) is 0 Å². The van der Waals surface area contributed by atoms with E-state index in [0.29, 0.717) is 17.1 Å². The van der Waals surface area contributed by atoms with Crippen LogP contribution in [0.5, 0.6) is 0 Å². The predicted molar refractivity (Wildman–Crippen MR) is 75.5 cm³/mol. The third kappa shape index (κ3) is 1.55. The lowest BCUT2D eigenvalue weighted by Crippen LogP contribution is -1.99. The van der Waals surface area contributed by atoms with E-state index in [2.05, 4.69) is 4.98 Å². The highest BCUT2D eigenvalue weighted by Gasteiger charge is 2.15. The Morgan fingerprint density at radius 2 is 1.60 bits per heavy atom. The van der Waals surface area contributed by atoms with Crippen molar-refractivity contribution < 1.29 is 8.83 Å². The first-order chi connectivity index (χ1) is 9.83. The lowest BCUT2D eigenvalue weighted by atomic mass is 10.2. The number of rotatable bonds is 1. The molecule has 0 fully saturated rings. The van der Waals surface area contributed by atoms with Gasteiger partial charge in [0.2, 0.25) is 5.89 Å². The fourth-order valence-electron chi connectivity index (χ4n) is 2.24. The Hall–Kier alpha value is -2.88. The van der Waals surface area contributed by atoms with Crippen molar-refractivity contribution in [3.8, 4) is 11.5 Å². The number of hydrogen-bond acceptors (Lipinski definition) is 4. The molecule has 0 N–H and O–H groups in total. The summed E-state index contributed by atoms with van der Waals surface area (Å²) in [4.78, 5) is 16.2. The monoisotopic (exact) mass is 263 g/mol. The summed E-state index contributed by atoms with van der Waals surface area (Å²) in [7, 11) is 0. The molecule has 0 bridgehead atoms. The third-order valence-electron chi connectivity index (χ3n) is 3.18. The molecule has 0 amide bonds. The highest BCUT2D eigenvalue weighted by Crippen LogP contribution is 2.27. The number of aromatic nitrogens is 1. The quantitative estimate of drug-likeness (QED) is 0.492. The van der Waals surface area contributed by atoms with E-state index in [1.54, 1.807) is 6.07 Å². The van der Waals surface area contributed by atoms with Crippen LogP contribution >= 0.6 is 0 Å². The van der Waals surface area contributed by atoms with E-state index in [4.69, 9.17) is 8.83 Å². The minimum absolute atomic E-state index is 0.225. The first-order valence-corrected chi connectivity index (χ1v) is 6.21. The van der Waals surface area contributed by atoms with Crippen LogP contribution < -0.4 is 5.63 Å². The van der Waals surface area contributed by atoms with Gasteiger partial charge in [0, 0.05) is 5.56 Å². The smallest absolute Gasteiger partial charge is 0.366 e. The lowest BCUT2D eigenvalue weighted by Gasteiger charge is -1.94. The maximum absolute atomic E-state index is 11.9. The van der Waals surface area contributed by atoms with Crippen molar-refractivity contribution >= 4 is 22.1 Å². The Morgan fingerprint density at radius 3 is 2.45 bits per heavy atom. The molecule has 4 aromatic rings. The maximum Gasteiger partial charge on any atom is 0.366 e. The van der Waals surface area contributed by atoms with Crippen molar-refractivity contribution in [1.82, 2.24) is 4.98 Å². The molecule has 2 heterocycles. The summed E-state index contributed by atoms with van der Waals surface area (Å²) in [6.45, 7) is 0. The summed E-state index contributed by atoms with van der Waals surface area (Å²) in [6, 6.07) is 16.7. The Morgan fingerprint density at radius 1 is 0.850 bits per heavy atom. The summed E-state index contributed by atoms with van der Waals surface area (Å²) in [5.74, 6) is 0.421. The Labute approximate surface area is 113 Å². The molecule has 0 saturated heterocycles. The third-order valence-corrected chi connectivity index (χ3v) is 3.18. The largest absolute Gasteiger partial charge is 0.435 e. The van der Waals surface area contributed by atoms with Crippen molar-refractivity contribution in [3.05, 3.63) is 65.0 Å². The van der Waals surface area contributed by atoms with Crippen molar-refractivity contribution in [2.45, 2.75) is 0 Å². The zero-order valence-electron chi connectivity index (χ0n) is 10.4. The molecule has 4 nitrogen and oxygen atoms in total. The first-order valence-electron chi connectivity index (χ1n) is 6.21. The summed E-state index contributed by atoms with van der Waals surface area (Å²) in [6.07, 6.45) is 0. The molecule has 0 atom stereocenters. The second-order valence-corrected chi connectivity index (χ2v) is 4.45. The van der Waals surface area contributed by atoms with E-state index in [0.717, 1.165) is 10.9 Å². The fourth-order valence-corrected chi connectivity index (χ4v) is 2.24. The van der Waals surface area contributed by atoms with Crippen LogP contribution in [0.25, 0.3) is 33.5 Å². The van der Waals surface area contributed by atoms with E-state index >= 15 is 0 Å². The Bertz CT molecular complexity index is 967. The lowest BCUT2D eigenvalue weighted by molar-refractivity contribution is 0.565. The Kier molecular flexibility index (Phi) is 2.23. The van der Waals surface area contributed by atoms with Crippen molar-refractivity contribution in [2.24, 2.45) is 0 Å². The topological polar surface area (TPSA) is 56.2 Å². The highest BCUT2D eigenvalue weighted by atomic mass is 16.4. The molecular formula is C16H9NO3. The molecule has 4 rings (SSSR count). The summed E-state index contributed by atoms with van der Waals surface area (Å²) in [5.41, 5.74) is 1.54. The van der Waals surface area contributed by atoms with E-state index < -0.39 is 5.63 Å². The highest BCUT2D eigenvalue weighted by molar-refractivity contribution is 5.99. The van der Waals surface area contributed by atoms with Crippen LogP contribution in [-0.4, -0.2) is 4.98 Å². The fraction of sp³-hybridized carbons (Fsp3) is 0. The number of fused-ring (bicyclic) bond motifs is 3. The normalized spacial score (nSPS) is 11.2. The first kappa shape index (κ1) is 11.0. The van der Waals surface area contributed by atoms with Crippen molar-refractivity contribution in [1.29, 1.82) is 0 Å². The van der Waals surface area contributed by atoms with Crippen molar-refractivity contribution in [2.75, 3.05) is 0 Å². The summed E-state index contributed by atoms with van der Waals surface area (Å²) >= 11 is 0.